The number of rotatable bonds is 5. The number of anilines is 1. The van der Waals surface area contributed by atoms with Gasteiger partial charge >= 0.3 is 0 Å². The molecular weight excluding hydrogens is 304 g/mol. The molecule has 0 radical (unpaired) electrons. The van der Waals surface area contributed by atoms with Gasteiger partial charge in [0.25, 0.3) is 0 Å². The molecule has 1 amide bonds. The highest BCUT2D eigenvalue weighted by molar-refractivity contribution is 5.93. The number of carbonyl (C=O) groups excluding carboxylic acids is 1. The van der Waals surface area contributed by atoms with Gasteiger partial charge in [0.15, 0.2) is 0 Å². The summed E-state index contributed by atoms with van der Waals surface area (Å²) in [6.07, 6.45) is 10.6. The Labute approximate surface area is 142 Å². The fourth-order valence-electron chi connectivity index (χ4n) is 3.24. The fraction of sp³-hybridized carbons (Fsp3) is 0.529. The third-order valence-electron chi connectivity index (χ3n) is 4.51. The largest absolute Gasteiger partial charge is 0.293 e. The van der Waals surface area contributed by atoms with Crippen LogP contribution in [-0.2, 0) is 11.3 Å². The molecule has 0 aliphatic carbocycles. The first kappa shape index (κ1) is 16.6. The molecule has 7 nitrogen and oxygen atoms in total. The van der Waals surface area contributed by atoms with Gasteiger partial charge in [-0.25, -0.2) is 9.97 Å². The van der Waals surface area contributed by atoms with Gasteiger partial charge in [0.1, 0.15) is 0 Å². The van der Waals surface area contributed by atoms with Crippen LogP contribution in [-0.4, -0.2) is 49.2 Å². The maximum absolute atomic E-state index is 12.6. The van der Waals surface area contributed by atoms with Gasteiger partial charge < -0.3 is 0 Å². The van der Waals surface area contributed by atoms with Crippen molar-refractivity contribution in [2.75, 3.05) is 11.9 Å². The Kier molecular flexibility index (Phi) is 5.20. The van der Waals surface area contributed by atoms with Crippen molar-refractivity contribution in [3.05, 3.63) is 36.4 Å². The maximum Gasteiger partial charge on any atom is 0.243 e. The summed E-state index contributed by atoms with van der Waals surface area (Å²) in [7, 11) is 0. The van der Waals surface area contributed by atoms with Crippen LogP contribution in [0.1, 0.15) is 31.7 Å². The van der Waals surface area contributed by atoms with Crippen LogP contribution in [0.4, 0.5) is 5.95 Å². The molecule has 2 unspecified atom stereocenters. The molecular formula is C17H24N6O. The molecule has 0 bridgehead atoms. The summed E-state index contributed by atoms with van der Waals surface area (Å²) in [6.45, 7) is 5.73. The first-order chi connectivity index (χ1) is 11.6. The number of hydrogen-bond donors (Lipinski definition) is 1. The van der Waals surface area contributed by atoms with E-state index >= 15 is 0 Å². The number of aryl methyl sites for hydroxylation is 1. The second-order valence-electron chi connectivity index (χ2n) is 6.36. The van der Waals surface area contributed by atoms with E-state index in [2.05, 4.69) is 31.5 Å². The predicted molar refractivity (Wildman–Crippen MR) is 91.4 cm³/mol. The van der Waals surface area contributed by atoms with Gasteiger partial charge in [-0.05, 0) is 44.9 Å². The molecule has 2 atom stereocenters. The van der Waals surface area contributed by atoms with E-state index in [4.69, 9.17) is 0 Å². The number of likely N-dealkylation sites (tertiary alicyclic amines) is 1. The van der Waals surface area contributed by atoms with E-state index in [1.807, 2.05) is 24.7 Å². The summed E-state index contributed by atoms with van der Waals surface area (Å²) in [4.78, 5) is 23.0. The minimum Gasteiger partial charge on any atom is -0.293 e. The number of nitrogens with one attached hydrogen (secondary N) is 1. The smallest absolute Gasteiger partial charge is 0.243 e. The monoisotopic (exact) mass is 328 g/mol. The molecule has 1 aliphatic rings. The van der Waals surface area contributed by atoms with Crippen molar-refractivity contribution in [1.82, 2.24) is 24.6 Å². The highest BCUT2D eigenvalue weighted by Crippen LogP contribution is 2.21. The third-order valence-corrected chi connectivity index (χ3v) is 4.51. The first-order valence-electron chi connectivity index (χ1n) is 8.46. The van der Waals surface area contributed by atoms with Gasteiger partial charge in [0.2, 0.25) is 11.9 Å². The normalized spacial score (nSPS) is 19.8. The van der Waals surface area contributed by atoms with Crippen molar-refractivity contribution in [1.29, 1.82) is 0 Å². The van der Waals surface area contributed by atoms with Crippen molar-refractivity contribution in [2.24, 2.45) is 0 Å². The van der Waals surface area contributed by atoms with Crippen molar-refractivity contribution >= 4 is 11.9 Å². The highest BCUT2D eigenvalue weighted by atomic mass is 16.2. The molecule has 3 heterocycles. The highest BCUT2D eigenvalue weighted by Gasteiger charge is 2.31. The molecule has 2 aromatic rings. The zero-order valence-corrected chi connectivity index (χ0v) is 14.2. The van der Waals surface area contributed by atoms with Crippen LogP contribution >= 0.6 is 0 Å². The summed E-state index contributed by atoms with van der Waals surface area (Å²) in [5, 5.41) is 7.19. The van der Waals surface area contributed by atoms with E-state index in [-0.39, 0.29) is 11.9 Å². The lowest BCUT2D eigenvalue weighted by molar-refractivity contribution is -0.122. The minimum absolute atomic E-state index is 0.0651. The van der Waals surface area contributed by atoms with Crippen LogP contribution in [0, 0.1) is 6.92 Å². The lowest BCUT2D eigenvalue weighted by atomic mass is 9.99. The van der Waals surface area contributed by atoms with Gasteiger partial charge in [-0.15, -0.1) is 0 Å². The van der Waals surface area contributed by atoms with Crippen molar-refractivity contribution in [2.45, 2.75) is 51.7 Å². The molecule has 1 saturated heterocycles. The zero-order valence-electron chi connectivity index (χ0n) is 14.2. The third kappa shape index (κ3) is 3.97. The average Bonchev–Trinajstić information content (AvgIpc) is 3.00. The van der Waals surface area contributed by atoms with E-state index < -0.39 is 0 Å². The van der Waals surface area contributed by atoms with Crippen LogP contribution in [0.5, 0.6) is 0 Å². The van der Waals surface area contributed by atoms with Crippen molar-refractivity contribution in [3.8, 4) is 0 Å². The molecule has 0 aromatic carbocycles. The number of piperidine rings is 1. The number of nitrogens with zero attached hydrogens (tertiary/aromatic N) is 5. The Morgan fingerprint density at radius 3 is 2.88 bits per heavy atom. The lowest BCUT2D eigenvalue weighted by Crippen LogP contribution is -2.51. The second-order valence-corrected chi connectivity index (χ2v) is 6.36. The predicted octanol–water partition coefficient (Wildman–Crippen LogP) is 1.86. The number of amides is 1. The molecule has 1 fully saturated rings. The Hall–Kier alpha value is -2.28. The first-order valence-corrected chi connectivity index (χ1v) is 8.46. The molecule has 7 heteroatoms. The van der Waals surface area contributed by atoms with Crippen LogP contribution in [0.15, 0.2) is 30.9 Å². The average molecular weight is 328 g/mol. The lowest BCUT2D eigenvalue weighted by Gasteiger charge is -2.39. The SMILES string of the molecule is Cc1cnn(CC2CCCCN2C(C)C(=O)Nc2ncccn2)c1. The minimum atomic E-state index is -0.226. The number of aromatic nitrogens is 4. The van der Waals surface area contributed by atoms with Gasteiger partial charge in [-0.2, -0.15) is 5.10 Å². The Morgan fingerprint density at radius 2 is 2.17 bits per heavy atom. The number of carbonyl (C=O) groups is 1. The van der Waals surface area contributed by atoms with Crippen LogP contribution < -0.4 is 5.32 Å². The molecule has 1 aliphatic heterocycles. The van der Waals surface area contributed by atoms with Crippen LogP contribution in [0.25, 0.3) is 0 Å². The zero-order chi connectivity index (χ0) is 16.9. The Balaban J connectivity index is 1.66. The summed E-state index contributed by atoms with van der Waals surface area (Å²) >= 11 is 0. The van der Waals surface area contributed by atoms with Crippen LogP contribution in [0.3, 0.4) is 0 Å². The molecule has 0 spiro atoms. The molecule has 1 N–H and O–H groups in total. The van der Waals surface area contributed by atoms with Gasteiger partial charge in [0, 0.05) is 24.6 Å². The summed E-state index contributed by atoms with van der Waals surface area (Å²) in [5.41, 5.74) is 1.16. The quantitative estimate of drug-likeness (QED) is 0.907. The molecule has 3 rings (SSSR count). The summed E-state index contributed by atoms with van der Waals surface area (Å²) < 4.78 is 1.98. The number of hydrogen-bond acceptors (Lipinski definition) is 5. The topological polar surface area (TPSA) is 75.9 Å². The Bertz CT molecular complexity index is 671. The molecule has 24 heavy (non-hydrogen) atoms. The standard InChI is InChI=1S/C17H24N6O/c1-13-10-20-22(11-13)12-15-6-3-4-9-23(15)14(2)16(24)21-17-18-7-5-8-19-17/h5,7-8,10-11,14-15H,3-4,6,9,12H2,1-2H3,(H,18,19,21,24). The molecule has 128 valence electrons. The second kappa shape index (κ2) is 7.53. The fourth-order valence-corrected chi connectivity index (χ4v) is 3.24. The molecule has 2 aromatic heterocycles. The summed E-state index contributed by atoms with van der Waals surface area (Å²) in [6, 6.07) is 1.82. The molecule has 0 saturated carbocycles. The van der Waals surface area contributed by atoms with Gasteiger partial charge in [-0.1, -0.05) is 6.42 Å². The van der Waals surface area contributed by atoms with E-state index in [1.165, 1.54) is 6.42 Å². The summed E-state index contributed by atoms with van der Waals surface area (Å²) in [5.74, 6) is 0.287. The van der Waals surface area contributed by atoms with Crippen molar-refractivity contribution < 1.29 is 4.79 Å². The van der Waals surface area contributed by atoms with E-state index in [9.17, 15) is 4.79 Å². The van der Waals surface area contributed by atoms with E-state index in [0.717, 1.165) is 31.5 Å². The maximum atomic E-state index is 12.6. The van der Waals surface area contributed by atoms with Gasteiger partial charge in [0.05, 0.1) is 18.8 Å². The van der Waals surface area contributed by atoms with Gasteiger partial charge in [-0.3, -0.25) is 19.7 Å². The van der Waals surface area contributed by atoms with Crippen molar-refractivity contribution in [3.63, 3.8) is 0 Å². The van der Waals surface area contributed by atoms with E-state index in [1.54, 1.807) is 18.5 Å². The van der Waals surface area contributed by atoms with Crippen LogP contribution in [0.2, 0.25) is 0 Å². The van der Waals surface area contributed by atoms with E-state index in [0.29, 0.717) is 12.0 Å². The Morgan fingerprint density at radius 1 is 1.38 bits per heavy atom.